The normalized spacial score (nSPS) is 14.8. The van der Waals surface area contributed by atoms with Gasteiger partial charge in [-0.3, -0.25) is 4.79 Å². The van der Waals surface area contributed by atoms with Crippen LogP contribution in [0, 0.1) is 16.3 Å². The Kier molecular flexibility index (Phi) is 4.44. The fourth-order valence-corrected chi connectivity index (χ4v) is 2.43. The molecule has 0 bridgehead atoms. The third-order valence-electron chi connectivity index (χ3n) is 3.50. The molecule has 8 nitrogen and oxygen atoms in total. The van der Waals surface area contributed by atoms with E-state index in [1.54, 1.807) is 13.8 Å². The smallest absolute Gasteiger partial charge is 0.349 e. The summed E-state index contributed by atoms with van der Waals surface area (Å²) in [5.41, 5.74) is -0.164. The Bertz CT molecular complexity index is 696. The molecule has 0 unspecified atom stereocenters. The zero-order chi connectivity index (χ0) is 17.3. The van der Waals surface area contributed by atoms with E-state index in [9.17, 15) is 15.2 Å². The Hall–Kier alpha value is -2.77. The van der Waals surface area contributed by atoms with E-state index in [4.69, 9.17) is 14.2 Å². The molecule has 1 aliphatic rings. The van der Waals surface area contributed by atoms with Crippen molar-refractivity contribution in [3.63, 3.8) is 0 Å². The highest BCUT2D eigenvalue weighted by atomic mass is 16.7. The van der Waals surface area contributed by atoms with Gasteiger partial charge in [-0.25, -0.2) is 0 Å². The number of hydrazone groups is 2. The van der Waals surface area contributed by atoms with Crippen molar-refractivity contribution in [2.24, 2.45) is 5.92 Å². The molecule has 0 N–H and O–H groups in total. The predicted octanol–water partition coefficient (Wildman–Crippen LogP) is 1.12. The van der Waals surface area contributed by atoms with Crippen LogP contribution in [0.25, 0.3) is 0 Å². The molecule has 0 radical (unpaired) electrons. The van der Waals surface area contributed by atoms with Crippen molar-refractivity contribution in [1.29, 1.82) is 0 Å². The van der Waals surface area contributed by atoms with Crippen LogP contribution in [0.4, 0.5) is 0 Å². The van der Waals surface area contributed by atoms with Crippen LogP contribution in [0.3, 0.4) is 0 Å². The van der Waals surface area contributed by atoms with Gasteiger partial charge in [0, 0.05) is 0 Å². The number of ether oxygens (including phenoxy) is 3. The van der Waals surface area contributed by atoms with Gasteiger partial charge >= 0.3 is 17.2 Å². The first-order valence-electron chi connectivity index (χ1n) is 6.90. The van der Waals surface area contributed by atoms with Gasteiger partial charge in [-0.15, -0.1) is 0 Å². The van der Waals surface area contributed by atoms with Crippen molar-refractivity contribution in [2.75, 3.05) is 21.3 Å². The molecule has 0 aliphatic carbocycles. The number of ketones is 1. The molecule has 0 aromatic heterocycles. The Morgan fingerprint density at radius 2 is 1.48 bits per heavy atom. The van der Waals surface area contributed by atoms with Crippen molar-refractivity contribution in [1.82, 2.24) is 0 Å². The molecule has 124 valence electrons. The summed E-state index contributed by atoms with van der Waals surface area (Å²) in [6.45, 7) is 3.34. The molecule has 2 rings (SSSR count). The second-order valence-corrected chi connectivity index (χ2v) is 5.18. The van der Waals surface area contributed by atoms with E-state index in [1.807, 2.05) is 0 Å². The van der Waals surface area contributed by atoms with Crippen molar-refractivity contribution in [3.8, 4) is 17.2 Å². The fraction of sp³-hybridized carbons (Fsp3) is 0.400. The van der Waals surface area contributed by atoms with Crippen molar-refractivity contribution in [2.45, 2.75) is 13.8 Å². The number of carbonyl (C=O) groups excluding carboxylic acids is 1. The highest BCUT2D eigenvalue weighted by molar-refractivity contribution is 6.68. The first-order valence-corrected chi connectivity index (χ1v) is 6.90. The number of carbonyl (C=O) groups is 1. The first-order chi connectivity index (χ1) is 10.9. The summed E-state index contributed by atoms with van der Waals surface area (Å²) in [4.78, 5) is 12.6. The largest absolute Gasteiger partial charge is 0.561 e. The lowest BCUT2D eigenvalue weighted by Crippen LogP contribution is -2.27. The number of nitrogens with zero attached hydrogens (tertiary/aromatic N) is 2. The van der Waals surface area contributed by atoms with Crippen molar-refractivity contribution in [3.05, 3.63) is 28.1 Å². The predicted molar refractivity (Wildman–Crippen MR) is 82.3 cm³/mol. The van der Waals surface area contributed by atoms with E-state index in [-0.39, 0.29) is 44.1 Å². The van der Waals surface area contributed by atoms with E-state index in [1.165, 1.54) is 33.5 Å². The first kappa shape index (κ1) is 16.6. The van der Waals surface area contributed by atoms with Crippen LogP contribution in [0.15, 0.2) is 12.1 Å². The lowest BCUT2D eigenvalue weighted by atomic mass is 9.97. The summed E-state index contributed by atoms with van der Waals surface area (Å²) in [6.07, 6.45) is 0. The van der Waals surface area contributed by atoms with Gasteiger partial charge in [0.25, 0.3) is 0 Å². The molecule has 0 amide bonds. The van der Waals surface area contributed by atoms with E-state index in [0.717, 1.165) is 0 Å². The van der Waals surface area contributed by atoms with Crippen LogP contribution in [-0.2, 0) is 4.79 Å². The van der Waals surface area contributed by atoms with E-state index in [2.05, 4.69) is 0 Å². The van der Waals surface area contributed by atoms with Crippen LogP contribution in [0.5, 0.6) is 17.2 Å². The number of methoxy groups -OCH3 is 3. The molecule has 0 spiro atoms. The number of hydrogen-bond acceptors (Lipinski definition) is 6. The molecule has 0 atom stereocenters. The molecular formula is C15H18N2O6. The summed E-state index contributed by atoms with van der Waals surface area (Å²) in [7, 11) is 4.28. The van der Waals surface area contributed by atoms with Crippen molar-refractivity contribution < 1.29 is 28.7 Å². The lowest BCUT2D eigenvalue weighted by molar-refractivity contribution is -1.05. The number of Topliss-reactive ketones (excluding diaryl/α,β-unsaturated/α-hetero) is 1. The van der Waals surface area contributed by atoms with Gasteiger partial charge in [-0.1, -0.05) is 13.8 Å². The molecule has 23 heavy (non-hydrogen) atoms. The molecule has 1 heterocycles. The number of rotatable bonds is 5. The Morgan fingerprint density at radius 3 is 1.83 bits per heavy atom. The van der Waals surface area contributed by atoms with Gasteiger partial charge in [-0.2, -0.15) is 0 Å². The van der Waals surface area contributed by atoms with Crippen LogP contribution in [0.2, 0.25) is 0 Å². The van der Waals surface area contributed by atoms with Gasteiger partial charge in [0.1, 0.15) is 0 Å². The van der Waals surface area contributed by atoms with Crippen LogP contribution in [-0.4, -0.2) is 48.2 Å². The van der Waals surface area contributed by atoms with E-state index in [0.29, 0.717) is 5.75 Å². The SMILES string of the molecule is COc1cc(C2=[N+]([O-])[N+]([O-])=C(C(C)C)C2=O)cc(OC)c1OC. The highest BCUT2D eigenvalue weighted by Gasteiger charge is 2.46. The van der Waals surface area contributed by atoms with Crippen LogP contribution in [0.1, 0.15) is 19.4 Å². The minimum atomic E-state index is -0.612. The Labute approximate surface area is 133 Å². The highest BCUT2D eigenvalue weighted by Crippen LogP contribution is 2.38. The monoisotopic (exact) mass is 322 g/mol. The standard InChI is InChI=1S/C15H18N2O6/c1-8(2)12-14(18)13(17(20)16(12)19)9-6-10(21-3)15(23-5)11(7-9)22-4/h6-8H,1-5H3. The molecular weight excluding hydrogens is 304 g/mol. The molecule has 0 saturated heterocycles. The third-order valence-corrected chi connectivity index (χ3v) is 3.50. The third kappa shape index (κ3) is 2.56. The van der Waals surface area contributed by atoms with Gasteiger partial charge < -0.3 is 24.6 Å². The Balaban J connectivity index is 2.63. The van der Waals surface area contributed by atoms with E-state index < -0.39 is 5.78 Å². The minimum Gasteiger partial charge on any atom is -0.561 e. The van der Waals surface area contributed by atoms with Crippen LogP contribution >= 0.6 is 0 Å². The molecule has 8 heteroatoms. The molecule has 1 aromatic rings. The van der Waals surface area contributed by atoms with Crippen LogP contribution < -0.4 is 14.2 Å². The topological polar surface area (TPSA) is 96.9 Å². The molecule has 0 fully saturated rings. The minimum absolute atomic E-state index is 0.0400. The quantitative estimate of drug-likeness (QED) is 0.595. The molecule has 1 aromatic carbocycles. The molecule has 1 aliphatic heterocycles. The molecule has 0 saturated carbocycles. The maximum atomic E-state index is 12.5. The Morgan fingerprint density at radius 1 is 0.957 bits per heavy atom. The fourth-order valence-electron chi connectivity index (χ4n) is 2.43. The zero-order valence-electron chi connectivity index (χ0n) is 13.6. The number of hydrogen-bond donors (Lipinski definition) is 0. The maximum Gasteiger partial charge on any atom is 0.349 e. The summed E-state index contributed by atoms with van der Waals surface area (Å²) in [6, 6.07) is 2.91. The van der Waals surface area contributed by atoms with Crippen molar-refractivity contribution >= 4 is 17.2 Å². The number of benzene rings is 1. The second kappa shape index (κ2) is 6.15. The summed E-state index contributed by atoms with van der Waals surface area (Å²) in [5, 5.41) is 24.1. The second-order valence-electron chi connectivity index (χ2n) is 5.18. The zero-order valence-corrected chi connectivity index (χ0v) is 13.6. The van der Waals surface area contributed by atoms with Gasteiger partial charge in [0.2, 0.25) is 5.75 Å². The van der Waals surface area contributed by atoms with Gasteiger partial charge in [0.15, 0.2) is 11.5 Å². The summed E-state index contributed by atoms with van der Waals surface area (Å²) >= 11 is 0. The average Bonchev–Trinajstić information content (AvgIpc) is 2.75. The van der Waals surface area contributed by atoms with E-state index >= 15 is 0 Å². The average molecular weight is 322 g/mol. The summed E-state index contributed by atoms with van der Waals surface area (Å²) in [5.74, 6) is -0.0958. The van der Waals surface area contributed by atoms with Gasteiger partial charge in [0.05, 0.1) is 42.5 Å². The van der Waals surface area contributed by atoms with Gasteiger partial charge in [-0.05, 0) is 12.1 Å². The number of hydrazine groups is 1. The summed E-state index contributed by atoms with van der Waals surface area (Å²) < 4.78 is 15.6. The maximum absolute atomic E-state index is 12.5. The lowest BCUT2D eigenvalue weighted by Gasteiger charge is -2.12.